The van der Waals surface area contributed by atoms with Crippen molar-refractivity contribution in [2.24, 2.45) is 5.92 Å². The summed E-state index contributed by atoms with van der Waals surface area (Å²) in [6.45, 7) is 5.33. The van der Waals surface area contributed by atoms with Gasteiger partial charge in [0.1, 0.15) is 0 Å². The number of hydrogen-bond donors (Lipinski definition) is 1. The summed E-state index contributed by atoms with van der Waals surface area (Å²) in [6, 6.07) is 7.36. The van der Waals surface area contributed by atoms with Crippen LogP contribution in [0.3, 0.4) is 0 Å². The van der Waals surface area contributed by atoms with E-state index >= 15 is 0 Å². The van der Waals surface area contributed by atoms with E-state index in [2.05, 4.69) is 46.4 Å². The van der Waals surface area contributed by atoms with Crippen LogP contribution in [0, 0.1) is 5.92 Å². The first kappa shape index (κ1) is 13.6. The van der Waals surface area contributed by atoms with E-state index in [-0.39, 0.29) is 0 Å². The van der Waals surface area contributed by atoms with Gasteiger partial charge in [-0.2, -0.15) is 0 Å². The lowest BCUT2D eigenvalue weighted by Gasteiger charge is -2.28. The fourth-order valence-electron chi connectivity index (χ4n) is 3.45. The number of halogens is 1. The maximum atomic E-state index is 5.51. The van der Waals surface area contributed by atoms with Crippen LogP contribution in [0.4, 0.5) is 0 Å². The first-order valence-electron chi connectivity index (χ1n) is 7.36. The van der Waals surface area contributed by atoms with E-state index in [0.717, 1.165) is 38.5 Å². The van der Waals surface area contributed by atoms with Crippen molar-refractivity contribution >= 4 is 15.9 Å². The van der Waals surface area contributed by atoms with Crippen molar-refractivity contribution < 1.29 is 4.74 Å². The molecule has 0 bridgehead atoms. The third kappa shape index (κ3) is 2.88. The second-order valence-corrected chi connectivity index (χ2v) is 6.77. The molecule has 2 aliphatic heterocycles. The molecule has 2 atom stereocenters. The Hall–Kier alpha value is -0.380. The zero-order valence-electron chi connectivity index (χ0n) is 11.5. The van der Waals surface area contributed by atoms with Crippen molar-refractivity contribution in [1.82, 2.24) is 5.32 Å². The molecule has 0 aromatic heterocycles. The Bertz CT molecular complexity index is 442. The molecule has 2 aliphatic rings. The quantitative estimate of drug-likeness (QED) is 0.887. The predicted octanol–water partition coefficient (Wildman–Crippen LogP) is 4.01. The van der Waals surface area contributed by atoms with Gasteiger partial charge in [-0.25, -0.2) is 0 Å². The molecule has 0 aliphatic carbocycles. The van der Waals surface area contributed by atoms with E-state index in [1.165, 1.54) is 22.0 Å². The van der Waals surface area contributed by atoms with Gasteiger partial charge in [0.05, 0.1) is 0 Å². The first-order valence-corrected chi connectivity index (χ1v) is 8.15. The molecule has 0 radical (unpaired) electrons. The summed E-state index contributed by atoms with van der Waals surface area (Å²) >= 11 is 3.63. The molecule has 2 nitrogen and oxygen atoms in total. The fraction of sp³-hybridized carbons (Fsp3) is 0.625. The van der Waals surface area contributed by atoms with E-state index in [1.807, 2.05) is 0 Å². The van der Waals surface area contributed by atoms with Crippen molar-refractivity contribution in [2.75, 3.05) is 19.8 Å². The van der Waals surface area contributed by atoms with Gasteiger partial charge in [0.25, 0.3) is 0 Å². The molecule has 1 aromatic rings. The van der Waals surface area contributed by atoms with E-state index in [1.54, 1.807) is 0 Å². The monoisotopic (exact) mass is 323 g/mol. The average molecular weight is 324 g/mol. The van der Waals surface area contributed by atoms with Gasteiger partial charge in [0, 0.05) is 23.7 Å². The normalized spacial score (nSPS) is 28.7. The average Bonchev–Trinajstić information content (AvgIpc) is 2.86. The molecule has 0 spiro atoms. The topological polar surface area (TPSA) is 21.3 Å². The van der Waals surface area contributed by atoms with E-state index in [4.69, 9.17) is 4.74 Å². The minimum absolute atomic E-state index is 0.523. The Kier molecular flexibility index (Phi) is 4.25. The van der Waals surface area contributed by atoms with Crippen LogP contribution in [0.5, 0.6) is 0 Å². The molecule has 2 saturated heterocycles. The van der Waals surface area contributed by atoms with Crippen molar-refractivity contribution in [2.45, 2.75) is 38.1 Å². The van der Waals surface area contributed by atoms with Crippen LogP contribution < -0.4 is 5.32 Å². The predicted molar refractivity (Wildman–Crippen MR) is 81.5 cm³/mol. The number of nitrogens with one attached hydrogen (secondary N) is 1. The minimum Gasteiger partial charge on any atom is -0.381 e. The van der Waals surface area contributed by atoms with Gasteiger partial charge < -0.3 is 10.1 Å². The van der Waals surface area contributed by atoms with Crippen molar-refractivity contribution in [3.8, 4) is 0 Å². The fourth-order valence-corrected chi connectivity index (χ4v) is 3.82. The van der Waals surface area contributed by atoms with Crippen molar-refractivity contribution in [1.29, 1.82) is 0 Å². The molecule has 0 saturated carbocycles. The molecular weight excluding hydrogens is 302 g/mol. The summed E-state index contributed by atoms with van der Waals surface area (Å²) in [4.78, 5) is 0. The Balaban J connectivity index is 1.94. The zero-order valence-corrected chi connectivity index (χ0v) is 13.1. The maximum Gasteiger partial charge on any atom is 0.0471 e. The highest BCUT2D eigenvalue weighted by Gasteiger charge is 2.29. The number of hydrogen-bond acceptors (Lipinski definition) is 2. The SMILES string of the molecule is C[C@@H]1CCN[C@@H]1c1cc(Br)ccc1C1CCOCC1. The van der Waals surface area contributed by atoms with E-state index in [0.29, 0.717) is 12.0 Å². The van der Waals surface area contributed by atoms with Crippen molar-refractivity contribution in [3.05, 3.63) is 33.8 Å². The zero-order chi connectivity index (χ0) is 13.2. The van der Waals surface area contributed by atoms with Gasteiger partial charge in [0.15, 0.2) is 0 Å². The standard InChI is InChI=1S/C16H22BrNO/c1-11-4-7-18-16(11)15-10-13(17)2-3-14(15)12-5-8-19-9-6-12/h2-3,10-12,16,18H,4-9H2,1H3/t11-,16+/m1/s1. The molecule has 0 unspecified atom stereocenters. The van der Waals surface area contributed by atoms with Crippen molar-refractivity contribution in [3.63, 3.8) is 0 Å². The summed E-state index contributed by atoms with van der Waals surface area (Å²) in [5.74, 6) is 1.40. The van der Waals surface area contributed by atoms with Gasteiger partial charge in [-0.15, -0.1) is 0 Å². The van der Waals surface area contributed by atoms with Crippen LogP contribution in [0.1, 0.15) is 49.3 Å². The summed E-state index contributed by atoms with van der Waals surface area (Å²) in [6.07, 6.45) is 3.61. The van der Waals surface area contributed by atoms with Crippen LogP contribution in [0.25, 0.3) is 0 Å². The Labute approximate surface area is 124 Å². The maximum absolute atomic E-state index is 5.51. The number of ether oxygens (including phenoxy) is 1. The molecule has 0 amide bonds. The van der Waals surface area contributed by atoms with E-state index < -0.39 is 0 Å². The Morgan fingerprint density at radius 3 is 2.63 bits per heavy atom. The summed E-state index contributed by atoms with van der Waals surface area (Å²) in [5, 5.41) is 3.68. The lowest BCUT2D eigenvalue weighted by Crippen LogP contribution is -2.21. The number of rotatable bonds is 2. The number of benzene rings is 1. The van der Waals surface area contributed by atoms with Crippen LogP contribution in [-0.2, 0) is 4.74 Å². The first-order chi connectivity index (χ1) is 9.25. The van der Waals surface area contributed by atoms with Crippen LogP contribution >= 0.6 is 15.9 Å². The lowest BCUT2D eigenvalue weighted by molar-refractivity contribution is 0.0850. The third-order valence-corrected chi connectivity index (χ3v) is 5.07. The molecule has 1 N–H and O–H groups in total. The van der Waals surface area contributed by atoms with Crippen LogP contribution in [0.15, 0.2) is 22.7 Å². The lowest BCUT2D eigenvalue weighted by atomic mass is 9.83. The third-order valence-electron chi connectivity index (χ3n) is 4.58. The molecule has 2 fully saturated rings. The highest BCUT2D eigenvalue weighted by atomic mass is 79.9. The van der Waals surface area contributed by atoms with E-state index in [9.17, 15) is 0 Å². The molecule has 2 heterocycles. The second-order valence-electron chi connectivity index (χ2n) is 5.86. The molecule has 1 aromatic carbocycles. The molecular formula is C16H22BrNO. The summed E-state index contributed by atoms with van der Waals surface area (Å²) in [5.41, 5.74) is 3.05. The summed E-state index contributed by atoms with van der Waals surface area (Å²) < 4.78 is 6.70. The van der Waals surface area contributed by atoms with Crippen LogP contribution in [-0.4, -0.2) is 19.8 Å². The molecule has 3 rings (SSSR count). The van der Waals surface area contributed by atoms with Gasteiger partial charge in [0.2, 0.25) is 0 Å². The van der Waals surface area contributed by atoms with Gasteiger partial charge in [-0.3, -0.25) is 0 Å². The highest BCUT2D eigenvalue weighted by Crippen LogP contribution is 2.38. The van der Waals surface area contributed by atoms with Gasteiger partial charge >= 0.3 is 0 Å². The molecule has 104 valence electrons. The largest absolute Gasteiger partial charge is 0.381 e. The smallest absolute Gasteiger partial charge is 0.0471 e. The Morgan fingerprint density at radius 1 is 1.16 bits per heavy atom. The highest BCUT2D eigenvalue weighted by molar-refractivity contribution is 9.10. The van der Waals surface area contributed by atoms with Gasteiger partial charge in [-0.1, -0.05) is 28.9 Å². The Morgan fingerprint density at radius 2 is 1.95 bits per heavy atom. The van der Waals surface area contributed by atoms with Gasteiger partial charge in [-0.05, 0) is 60.9 Å². The second kappa shape index (κ2) is 5.94. The van der Waals surface area contributed by atoms with Crippen LogP contribution in [0.2, 0.25) is 0 Å². The summed E-state index contributed by atoms with van der Waals surface area (Å²) in [7, 11) is 0. The molecule has 3 heteroatoms. The minimum atomic E-state index is 0.523. The molecule has 19 heavy (non-hydrogen) atoms.